The van der Waals surface area contributed by atoms with E-state index < -0.39 is 0 Å². The third-order valence-electron chi connectivity index (χ3n) is 6.14. The Morgan fingerprint density at radius 3 is 2.38 bits per heavy atom. The van der Waals surface area contributed by atoms with Crippen molar-refractivity contribution < 1.29 is 14.2 Å². The number of ether oxygens (including phenoxy) is 3. The van der Waals surface area contributed by atoms with Gasteiger partial charge in [0.25, 0.3) is 0 Å². The Morgan fingerprint density at radius 2 is 1.68 bits per heavy atom. The molecule has 37 heavy (non-hydrogen) atoms. The lowest BCUT2D eigenvalue weighted by molar-refractivity contribution is 0.0192. The molecule has 0 atom stereocenters. The molecule has 4 N–H and O–H groups in total. The lowest BCUT2D eigenvalue weighted by Crippen LogP contribution is -2.47. The summed E-state index contributed by atoms with van der Waals surface area (Å²) >= 11 is 6.26. The molecule has 0 spiro atoms. The van der Waals surface area contributed by atoms with Gasteiger partial charge in [-0.1, -0.05) is 23.7 Å². The van der Waals surface area contributed by atoms with Gasteiger partial charge in [0.05, 0.1) is 44.2 Å². The smallest absolute Gasteiger partial charge is 0.230 e. The van der Waals surface area contributed by atoms with Crippen LogP contribution in [0.3, 0.4) is 0 Å². The van der Waals surface area contributed by atoms with Crippen LogP contribution in [-0.2, 0) is 14.2 Å². The molecule has 3 aromatic rings. The summed E-state index contributed by atoms with van der Waals surface area (Å²) in [5, 5.41) is 11.7. The molecule has 2 aromatic carbocycles. The second-order valence-corrected chi connectivity index (χ2v) is 9.13. The Labute approximate surface area is 222 Å². The van der Waals surface area contributed by atoms with Gasteiger partial charge in [-0.25, -0.2) is 9.97 Å². The molecular formula is C26H34ClN7O3. The van der Waals surface area contributed by atoms with Gasteiger partial charge in [0.1, 0.15) is 0 Å². The van der Waals surface area contributed by atoms with Crippen LogP contribution in [0.2, 0.25) is 5.02 Å². The third kappa shape index (κ3) is 7.73. The largest absolute Gasteiger partial charge is 0.382 e. The number of fused-ring (bicyclic) bond motifs is 1. The summed E-state index contributed by atoms with van der Waals surface area (Å²) in [6, 6.07) is 13.8. The molecular weight excluding hydrogens is 494 g/mol. The van der Waals surface area contributed by atoms with Crippen molar-refractivity contribution in [3.63, 3.8) is 0 Å². The maximum Gasteiger partial charge on any atom is 0.230 e. The number of piperazine rings is 1. The van der Waals surface area contributed by atoms with Gasteiger partial charge in [0.2, 0.25) is 5.95 Å². The summed E-state index contributed by atoms with van der Waals surface area (Å²) in [6.45, 7) is 7.94. The fourth-order valence-electron chi connectivity index (χ4n) is 4.21. The number of rotatable bonds is 12. The van der Waals surface area contributed by atoms with Crippen LogP contribution >= 0.6 is 11.6 Å². The number of anilines is 2. The SMILES string of the molecule is COCCOCCOCCN1CCN(c2ccc(-c3nc(NC(=N)N)nc4ccc(Cl)cc34)cc2)CC1. The second kappa shape index (κ2) is 13.5. The van der Waals surface area contributed by atoms with E-state index in [9.17, 15) is 0 Å². The molecule has 2 heterocycles. The van der Waals surface area contributed by atoms with Gasteiger partial charge in [-0.2, -0.15) is 0 Å². The Balaban J connectivity index is 1.33. The lowest BCUT2D eigenvalue weighted by atomic mass is 10.1. The van der Waals surface area contributed by atoms with Gasteiger partial charge in [-0.15, -0.1) is 0 Å². The van der Waals surface area contributed by atoms with Crippen LogP contribution < -0.4 is 16.0 Å². The predicted octanol–water partition coefficient (Wildman–Crippen LogP) is 3.06. The van der Waals surface area contributed by atoms with Crippen LogP contribution in [0.1, 0.15) is 0 Å². The minimum absolute atomic E-state index is 0.215. The first-order chi connectivity index (χ1) is 18.0. The molecule has 0 saturated carbocycles. The van der Waals surface area contributed by atoms with Crippen molar-refractivity contribution in [2.45, 2.75) is 0 Å². The zero-order valence-corrected chi connectivity index (χ0v) is 21.8. The van der Waals surface area contributed by atoms with E-state index in [-0.39, 0.29) is 11.9 Å². The third-order valence-corrected chi connectivity index (χ3v) is 6.37. The van der Waals surface area contributed by atoms with Crippen molar-refractivity contribution >= 4 is 40.1 Å². The van der Waals surface area contributed by atoms with Crippen molar-refractivity contribution in [1.29, 1.82) is 5.41 Å². The monoisotopic (exact) mass is 527 g/mol. The zero-order chi connectivity index (χ0) is 26.0. The van der Waals surface area contributed by atoms with Gasteiger partial charge in [0, 0.05) is 61.5 Å². The van der Waals surface area contributed by atoms with E-state index in [4.69, 9.17) is 37.0 Å². The lowest BCUT2D eigenvalue weighted by Gasteiger charge is -2.36. The number of guanidine groups is 1. The summed E-state index contributed by atoms with van der Waals surface area (Å²) in [7, 11) is 1.67. The fraction of sp³-hybridized carbons (Fsp3) is 0.423. The zero-order valence-electron chi connectivity index (χ0n) is 21.1. The molecule has 0 radical (unpaired) electrons. The molecule has 4 rings (SSSR count). The summed E-state index contributed by atoms with van der Waals surface area (Å²) in [5.74, 6) is 0.0624. The fourth-order valence-corrected chi connectivity index (χ4v) is 4.39. The normalized spacial score (nSPS) is 14.3. The van der Waals surface area contributed by atoms with E-state index in [1.165, 1.54) is 5.69 Å². The highest BCUT2D eigenvalue weighted by Crippen LogP contribution is 2.31. The summed E-state index contributed by atoms with van der Waals surface area (Å²) in [6.07, 6.45) is 0. The summed E-state index contributed by atoms with van der Waals surface area (Å²) in [5.41, 5.74) is 9.07. The van der Waals surface area contributed by atoms with Crippen molar-refractivity contribution in [2.24, 2.45) is 5.73 Å². The van der Waals surface area contributed by atoms with Crippen molar-refractivity contribution in [3.05, 3.63) is 47.5 Å². The molecule has 10 nitrogen and oxygen atoms in total. The van der Waals surface area contributed by atoms with E-state index in [0.29, 0.717) is 38.1 Å². The molecule has 0 amide bonds. The summed E-state index contributed by atoms with van der Waals surface area (Å²) in [4.78, 5) is 13.9. The van der Waals surface area contributed by atoms with E-state index >= 15 is 0 Å². The Morgan fingerprint density at radius 1 is 0.973 bits per heavy atom. The molecule has 1 fully saturated rings. The van der Waals surface area contributed by atoms with Crippen LogP contribution in [0.25, 0.3) is 22.2 Å². The van der Waals surface area contributed by atoms with Crippen LogP contribution in [0, 0.1) is 5.41 Å². The molecule has 11 heteroatoms. The molecule has 1 saturated heterocycles. The Bertz CT molecular complexity index is 1170. The Hall–Kier alpha value is -3.02. The molecule has 0 bridgehead atoms. The van der Waals surface area contributed by atoms with E-state index in [0.717, 1.165) is 54.9 Å². The quantitative estimate of drug-likeness (QED) is 0.185. The highest BCUT2D eigenvalue weighted by atomic mass is 35.5. The number of nitrogens with one attached hydrogen (secondary N) is 2. The number of aromatic nitrogens is 2. The predicted molar refractivity (Wildman–Crippen MR) is 148 cm³/mol. The molecule has 0 aliphatic carbocycles. The van der Waals surface area contributed by atoms with Crippen LogP contribution in [0.15, 0.2) is 42.5 Å². The minimum Gasteiger partial charge on any atom is -0.382 e. The minimum atomic E-state index is -0.215. The number of nitrogens with two attached hydrogens (primary N) is 1. The van der Waals surface area contributed by atoms with Crippen LogP contribution in [0.5, 0.6) is 0 Å². The first-order valence-electron chi connectivity index (χ1n) is 12.3. The number of halogens is 1. The molecule has 198 valence electrons. The van der Waals surface area contributed by atoms with Crippen LogP contribution in [0.4, 0.5) is 11.6 Å². The first kappa shape index (κ1) is 27.0. The van der Waals surface area contributed by atoms with Crippen molar-refractivity contribution in [1.82, 2.24) is 14.9 Å². The topological polar surface area (TPSA) is 122 Å². The van der Waals surface area contributed by atoms with Gasteiger partial charge >= 0.3 is 0 Å². The Kier molecular flexibility index (Phi) is 9.86. The maximum absolute atomic E-state index is 7.53. The van der Waals surface area contributed by atoms with E-state index in [1.807, 2.05) is 12.1 Å². The van der Waals surface area contributed by atoms with Gasteiger partial charge < -0.3 is 24.8 Å². The molecule has 1 aliphatic rings. The first-order valence-corrected chi connectivity index (χ1v) is 12.7. The van der Waals surface area contributed by atoms with Crippen molar-refractivity contribution in [3.8, 4) is 11.3 Å². The average molecular weight is 528 g/mol. The number of nitrogens with zero attached hydrogens (tertiary/aromatic N) is 4. The highest BCUT2D eigenvalue weighted by Gasteiger charge is 2.18. The average Bonchev–Trinajstić information content (AvgIpc) is 2.90. The molecule has 0 unspecified atom stereocenters. The number of benzene rings is 2. The van der Waals surface area contributed by atoms with Gasteiger partial charge in [0.15, 0.2) is 5.96 Å². The number of hydrogen-bond acceptors (Lipinski definition) is 8. The van der Waals surface area contributed by atoms with E-state index in [2.05, 4.69) is 49.4 Å². The second-order valence-electron chi connectivity index (χ2n) is 8.69. The summed E-state index contributed by atoms with van der Waals surface area (Å²) < 4.78 is 16.1. The maximum atomic E-state index is 7.53. The number of hydrogen-bond donors (Lipinski definition) is 3. The standard InChI is InChI=1S/C26H34ClN7O3/c1-35-14-15-37-17-16-36-13-12-33-8-10-34(11-9-33)21-5-2-19(3-6-21)24-22-18-20(27)4-7-23(22)30-26(31-24)32-25(28)29/h2-7,18H,8-17H2,1H3,(H4,28,29,30,31,32). The molecule has 1 aliphatic heterocycles. The van der Waals surface area contributed by atoms with Crippen molar-refractivity contribution in [2.75, 3.05) is 83.1 Å². The van der Waals surface area contributed by atoms with Gasteiger partial charge in [-0.3, -0.25) is 15.6 Å². The van der Waals surface area contributed by atoms with Crippen LogP contribution in [-0.4, -0.2) is 93.7 Å². The molecule has 1 aromatic heterocycles. The van der Waals surface area contributed by atoms with Gasteiger partial charge in [-0.05, 0) is 30.3 Å². The highest BCUT2D eigenvalue weighted by molar-refractivity contribution is 6.31. The number of methoxy groups -OCH3 is 1. The van der Waals surface area contributed by atoms with E-state index in [1.54, 1.807) is 13.2 Å².